The van der Waals surface area contributed by atoms with E-state index in [4.69, 9.17) is 9.94 Å². The van der Waals surface area contributed by atoms with Gasteiger partial charge in [0.1, 0.15) is 5.75 Å². The van der Waals surface area contributed by atoms with Gasteiger partial charge in [0.15, 0.2) is 0 Å². The third-order valence-electron chi connectivity index (χ3n) is 3.44. The maximum absolute atomic E-state index is 8.88. The molecule has 0 aromatic heterocycles. The van der Waals surface area contributed by atoms with Crippen LogP contribution in [0.1, 0.15) is 52.0 Å². The van der Waals surface area contributed by atoms with Crippen molar-refractivity contribution in [2.75, 3.05) is 6.61 Å². The highest BCUT2D eigenvalue weighted by Gasteiger charge is 2.10. The summed E-state index contributed by atoms with van der Waals surface area (Å²) in [7, 11) is 0. The van der Waals surface area contributed by atoms with Crippen LogP contribution in [0.3, 0.4) is 0 Å². The molecule has 3 heteroatoms. The highest BCUT2D eigenvalue weighted by atomic mass is 16.5. The third kappa shape index (κ3) is 4.93. The van der Waals surface area contributed by atoms with Crippen LogP contribution in [-0.2, 0) is 0 Å². The molecule has 0 spiro atoms. The first-order valence-electron chi connectivity index (χ1n) is 7.13. The molecule has 1 N–H and O–H groups in total. The highest BCUT2D eigenvalue weighted by Crippen LogP contribution is 2.21. The van der Waals surface area contributed by atoms with Crippen LogP contribution in [0.4, 0.5) is 0 Å². The van der Waals surface area contributed by atoms with Crippen LogP contribution in [0.25, 0.3) is 0 Å². The zero-order chi connectivity index (χ0) is 14.1. The van der Waals surface area contributed by atoms with Gasteiger partial charge >= 0.3 is 0 Å². The summed E-state index contributed by atoms with van der Waals surface area (Å²) in [6.45, 7) is 6.92. The Morgan fingerprint density at radius 3 is 2.68 bits per heavy atom. The Balaban J connectivity index is 2.66. The van der Waals surface area contributed by atoms with E-state index in [0.29, 0.717) is 11.6 Å². The van der Waals surface area contributed by atoms with E-state index < -0.39 is 0 Å². The zero-order valence-electron chi connectivity index (χ0n) is 12.2. The van der Waals surface area contributed by atoms with Crippen LogP contribution in [0.15, 0.2) is 29.4 Å². The lowest BCUT2D eigenvalue weighted by molar-refractivity contribution is 0.233. The number of hydrogen-bond acceptors (Lipinski definition) is 3. The van der Waals surface area contributed by atoms with Gasteiger partial charge in [0.05, 0.1) is 12.3 Å². The van der Waals surface area contributed by atoms with E-state index in [1.165, 1.54) is 19.3 Å². The monoisotopic (exact) mass is 263 g/mol. The Morgan fingerprint density at radius 1 is 1.32 bits per heavy atom. The second kappa shape index (κ2) is 8.57. The summed E-state index contributed by atoms with van der Waals surface area (Å²) in [6.07, 6.45) is 4.82. The molecule has 1 unspecified atom stereocenters. The van der Waals surface area contributed by atoms with Crippen molar-refractivity contribution in [1.29, 1.82) is 0 Å². The highest BCUT2D eigenvalue weighted by molar-refractivity contribution is 6.00. The topological polar surface area (TPSA) is 41.8 Å². The van der Waals surface area contributed by atoms with Crippen molar-refractivity contribution in [3.05, 3.63) is 29.8 Å². The van der Waals surface area contributed by atoms with Crippen molar-refractivity contribution in [1.82, 2.24) is 0 Å². The van der Waals surface area contributed by atoms with Crippen LogP contribution in [0, 0.1) is 5.92 Å². The Kier molecular flexibility index (Phi) is 7.01. The second-order valence-corrected chi connectivity index (χ2v) is 4.91. The Hall–Kier alpha value is -1.51. The van der Waals surface area contributed by atoms with Crippen molar-refractivity contribution < 1.29 is 9.94 Å². The number of hydrogen-bond donors (Lipinski definition) is 1. The second-order valence-electron chi connectivity index (χ2n) is 4.91. The van der Waals surface area contributed by atoms with Crippen LogP contribution >= 0.6 is 0 Å². The molecule has 1 aromatic carbocycles. The summed E-state index contributed by atoms with van der Waals surface area (Å²) >= 11 is 0. The van der Waals surface area contributed by atoms with Crippen LogP contribution in [-0.4, -0.2) is 17.5 Å². The average molecular weight is 263 g/mol. The molecule has 0 amide bonds. The van der Waals surface area contributed by atoms with E-state index in [1.807, 2.05) is 24.3 Å². The van der Waals surface area contributed by atoms with Gasteiger partial charge in [-0.05, 0) is 31.4 Å². The number of ether oxygens (including phenoxy) is 1. The fourth-order valence-electron chi connectivity index (χ4n) is 2.05. The number of rotatable bonds is 8. The summed E-state index contributed by atoms with van der Waals surface area (Å²) in [5.41, 5.74) is 1.44. The van der Waals surface area contributed by atoms with Gasteiger partial charge in [-0.1, -0.05) is 50.4 Å². The van der Waals surface area contributed by atoms with Gasteiger partial charge in [-0.25, -0.2) is 0 Å². The quantitative estimate of drug-likeness (QED) is 0.427. The first-order chi connectivity index (χ1) is 9.22. The smallest absolute Gasteiger partial charge is 0.128 e. The fourth-order valence-corrected chi connectivity index (χ4v) is 2.05. The predicted octanol–water partition coefficient (Wildman–Crippen LogP) is 4.48. The summed E-state index contributed by atoms with van der Waals surface area (Å²) in [5.74, 6) is 1.40. The standard InChI is InChI=1S/C16H25NO2/c1-4-6-9-14(5-2)12-19-16-11-8-7-10-15(16)13(3)17-18/h7-8,10-11,14,18H,4-6,9,12H2,1-3H3/b17-13+. The van der Waals surface area contributed by atoms with E-state index >= 15 is 0 Å². The molecule has 0 heterocycles. The first-order valence-corrected chi connectivity index (χ1v) is 7.13. The Labute approximate surface area is 116 Å². The Bertz CT molecular complexity index is 401. The molecule has 0 aliphatic rings. The number of para-hydroxylation sites is 1. The minimum absolute atomic E-state index is 0.581. The van der Waals surface area contributed by atoms with Crippen LogP contribution < -0.4 is 4.74 Å². The first kappa shape index (κ1) is 15.5. The van der Waals surface area contributed by atoms with Gasteiger partial charge in [0.25, 0.3) is 0 Å². The van der Waals surface area contributed by atoms with Gasteiger partial charge in [-0.2, -0.15) is 0 Å². The molecule has 19 heavy (non-hydrogen) atoms. The van der Waals surface area contributed by atoms with Crippen LogP contribution in [0.5, 0.6) is 5.75 Å². The van der Waals surface area contributed by atoms with Crippen molar-refractivity contribution in [3.8, 4) is 5.75 Å². The lowest BCUT2D eigenvalue weighted by Gasteiger charge is -2.17. The molecule has 0 radical (unpaired) electrons. The van der Waals surface area contributed by atoms with E-state index in [1.54, 1.807) is 6.92 Å². The molecule has 1 rings (SSSR count). The predicted molar refractivity (Wildman–Crippen MR) is 79.2 cm³/mol. The number of benzene rings is 1. The number of nitrogens with zero attached hydrogens (tertiary/aromatic N) is 1. The van der Waals surface area contributed by atoms with E-state index in [2.05, 4.69) is 19.0 Å². The minimum Gasteiger partial charge on any atom is -0.493 e. The van der Waals surface area contributed by atoms with Crippen molar-refractivity contribution in [2.24, 2.45) is 11.1 Å². The van der Waals surface area contributed by atoms with E-state index in [9.17, 15) is 0 Å². The fraction of sp³-hybridized carbons (Fsp3) is 0.562. The summed E-state index contributed by atoms with van der Waals surface area (Å²) < 4.78 is 5.92. The van der Waals surface area contributed by atoms with Gasteiger partial charge < -0.3 is 9.94 Å². The molecule has 0 aliphatic carbocycles. The summed E-state index contributed by atoms with van der Waals surface area (Å²) in [5, 5.41) is 12.1. The lowest BCUT2D eigenvalue weighted by atomic mass is 10.0. The Morgan fingerprint density at radius 2 is 2.05 bits per heavy atom. The lowest BCUT2D eigenvalue weighted by Crippen LogP contribution is -2.12. The molecule has 0 saturated heterocycles. The molecule has 3 nitrogen and oxygen atoms in total. The van der Waals surface area contributed by atoms with E-state index in [0.717, 1.165) is 24.3 Å². The van der Waals surface area contributed by atoms with Crippen molar-refractivity contribution >= 4 is 5.71 Å². The molecule has 0 bridgehead atoms. The molecule has 0 saturated carbocycles. The van der Waals surface area contributed by atoms with Gasteiger partial charge in [-0.3, -0.25) is 0 Å². The molecule has 1 aromatic rings. The molecule has 1 atom stereocenters. The molecule has 0 aliphatic heterocycles. The summed E-state index contributed by atoms with van der Waals surface area (Å²) in [6, 6.07) is 7.70. The van der Waals surface area contributed by atoms with Gasteiger partial charge in [0, 0.05) is 5.56 Å². The zero-order valence-corrected chi connectivity index (χ0v) is 12.2. The van der Waals surface area contributed by atoms with Crippen molar-refractivity contribution in [3.63, 3.8) is 0 Å². The van der Waals surface area contributed by atoms with E-state index in [-0.39, 0.29) is 0 Å². The molecule has 0 fully saturated rings. The van der Waals surface area contributed by atoms with Crippen molar-refractivity contribution in [2.45, 2.75) is 46.5 Å². The largest absolute Gasteiger partial charge is 0.493 e. The summed E-state index contributed by atoms with van der Waals surface area (Å²) in [4.78, 5) is 0. The SMILES string of the molecule is CCCCC(CC)COc1ccccc1/C(C)=N/O. The number of oxime groups is 1. The minimum atomic E-state index is 0.581. The van der Waals surface area contributed by atoms with Gasteiger partial charge in [0.2, 0.25) is 0 Å². The molecular weight excluding hydrogens is 238 g/mol. The molecule has 106 valence electrons. The molecular formula is C16H25NO2. The average Bonchev–Trinajstić information content (AvgIpc) is 2.47. The maximum atomic E-state index is 8.88. The maximum Gasteiger partial charge on any atom is 0.128 e. The van der Waals surface area contributed by atoms with Crippen LogP contribution in [0.2, 0.25) is 0 Å². The normalized spacial score (nSPS) is 13.3. The third-order valence-corrected chi connectivity index (χ3v) is 3.44. The number of unbranched alkanes of at least 4 members (excludes halogenated alkanes) is 1. The van der Waals surface area contributed by atoms with Gasteiger partial charge in [-0.15, -0.1) is 0 Å².